The molecule has 2 saturated heterocycles. The van der Waals surface area contributed by atoms with Gasteiger partial charge in [-0.15, -0.1) is 0 Å². The van der Waals surface area contributed by atoms with E-state index in [1.54, 1.807) is 0 Å². The number of benzene rings is 2. The third-order valence-electron chi connectivity index (χ3n) is 5.74. The van der Waals surface area contributed by atoms with Gasteiger partial charge >= 0.3 is 0 Å². The summed E-state index contributed by atoms with van der Waals surface area (Å²) in [7, 11) is 0. The molecule has 2 aromatic carbocycles. The lowest BCUT2D eigenvalue weighted by atomic mass is 9.90. The lowest BCUT2D eigenvalue weighted by Crippen LogP contribution is -2.26. The summed E-state index contributed by atoms with van der Waals surface area (Å²) in [5, 5.41) is 3.43. The van der Waals surface area contributed by atoms with E-state index in [9.17, 15) is 0 Å². The zero-order chi connectivity index (χ0) is 17.8. The molecule has 0 saturated carbocycles. The van der Waals surface area contributed by atoms with Gasteiger partial charge in [0, 0.05) is 19.0 Å². The van der Waals surface area contributed by atoms with E-state index in [0.717, 1.165) is 44.2 Å². The zero-order valence-corrected chi connectivity index (χ0v) is 15.4. The molecule has 1 unspecified atom stereocenters. The maximum atomic E-state index is 6.04. The Labute approximate surface area is 156 Å². The van der Waals surface area contributed by atoms with Crippen LogP contribution in [0.1, 0.15) is 42.2 Å². The topological polar surface area (TPSA) is 24.5 Å². The summed E-state index contributed by atoms with van der Waals surface area (Å²) in [4.78, 5) is 2.26. The van der Waals surface area contributed by atoms with Crippen LogP contribution in [0.15, 0.2) is 67.1 Å². The number of likely N-dealkylation sites (tertiary alicyclic amines) is 1. The van der Waals surface area contributed by atoms with Crippen molar-refractivity contribution in [3.05, 3.63) is 78.2 Å². The molecule has 0 radical (unpaired) electrons. The molecule has 1 N–H and O–H groups in total. The SMILES string of the molecule is C=C(Oc1ccc(C2CCNCC2)cc1)N1CCC(c2ccccc2)C1. The van der Waals surface area contributed by atoms with Gasteiger partial charge in [0.2, 0.25) is 0 Å². The highest BCUT2D eigenvalue weighted by molar-refractivity contribution is 5.31. The first kappa shape index (κ1) is 17.2. The molecule has 4 rings (SSSR count). The third-order valence-corrected chi connectivity index (χ3v) is 5.74. The predicted octanol–water partition coefficient (Wildman–Crippen LogP) is 4.49. The molecule has 136 valence electrons. The fourth-order valence-corrected chi connectivity index (χ4v) is 4.15. The van der Waals surface area contributed by atoms with Crippen molar-refractivity contribution in [2.75, 3.05) is 26.2 Å². The molecular weight excluding hydrogens is 320 g/mol. The van der Waals surface area contributed by atoms with Gasteiger partial charge in [-0.3, -0.25) is 0 Å². The monoisotopic (exact) mass is 348 g/mol. The number of ether oxygens (including phenoxy) is 1. The van der Waals surface area contributed by atoms with Gasteiger partial charge in [-0.2, -0.15) is 0 Å². The second-order valence-electron chi connectivity index (χ2n) is 7.43. The van der Waals surface area contributed by atoms with Gasteiger partial charge in [0.05, 0.1) is 0 Å². The number of nitrogens with one attached hydrogen (secondary N) is 1. The van der Waals surface area contributed by atoms with E-state index in [0.29, 0.717) is 11.8 Å². The van der Waals surface area contributed by atoms with Gasteiger partial charge in [-0.1, -0.05) is 42.5 Å². The van der Waals surface area contributed by atoms with Crippen molar-refractivity contribution in [2.45, 2.75) is 31.1 Å². The standard InChI is InChI=1S/C23H28N2O/c1-18(25-16-13-22(17-25)19-5-3-2-4-6-19)26-23-9-7-20(8-10-23)21-11-14-24-15-12-21/h2-10,21-22,24H,1,11-17H2. The summed E-state index contributed by atoms with van der Waals surface area (Å²) >= 11 is 0. The molecule has 0 spiro atoms. The van der Waals surface area contributed by atoms with E-state index >= 15 is 0 Å². The van der Waals surface area contributed by atoms with Gasteiger partial charge in [0.15, 0.2) is 5.88 Å². The third kappa shape index (κ3) is 3.94. The second-order valence-corrected chi connectivity index (χ2v) is 7.43. The second kappa shape index (κ2) is 7.96. The van der Waals surface area contributed by atoms with E-state index in [-0.39, 0.29) is 0 Å². The first-order valence-corrected chi connectivity index (χ1v) is 9.77. The van der Waals surface area contributed by atoms with Gasteiger partial charge < -0.3 is 15.0 Å². The smallest absolute Gasteiger partial charge is 0.188 e. The van der Waals surface area contributed by atoms with Crippen molar-refractivity contribution in [3.8, 4) is 5.75 Å². The Morgan fingerprint density at radius 3 is 2.31 bits per heavy atom. The van der Waals surface area contributed by atoms with Crippen LogP contribution in [-0.2, 0) is 0 Å². The first-order valence-electron chi connectivity index (χ1n) is 9.77. The number of piperidine rings is 1. The number of hydrogen-bond acceptors (Lipinski definition) is 3. The summed E-state index contributed by atoms with van der Waals surface area (Å²) in [6.07, 6.45) is 3.60. The summed E-state index contributed by atoms with van der Waals surface area (Å²) < 4.78 is 6.04. The Hall–Kier alpha value is -2.26. The molecule has 2 aliphatic heterocycles. The Bertz CT molecular complexity index is 720. The first-order chi connectivity index (χ1) is 12.8. The molecule has 0 aliphatic carbocycles. The van der Waals surface area contributed by atoms with E-state index in [2.05, 4.69) is 71.4 Å². The fourth-order valence-electron chi connectivity index (χ4n) is 4.15. The quantitative estimate of drug-likeness (QED) is 0.806. The summed E-state index contributed by atoms with van der Waals surface area (Å²) in [6, 6.07) is 19.4. The summed E-state index contributed by atoms with van der Waals surface area (Å²) in [5.41, 5.74) is 2.84. The molecule has 2 aromatic rings. The van der Waals surface area contributed by atoms with Crippen molar-refractivity contribution < 1.29 is 4.74 Å². The predicted molar refractivity (Wildman–Crippen MR) is 106 cm³/mol. The van der Waals surface area contributed by atoms with Gasteiger partial charge in [-0.25, -0.2) is 0 Å². The van der Waals surface area contributed by atoms with Crippen LogP contribution < -0.4 is 10.1 Å². The largest absolute Gasteiger partial charge is 0.442 e. The Morgan fingerprint density at radius 1 is 0.885 bits per heavy atom. The Morgan fingerprint density at radius 2 is 1.58 bits per heavy atom. The van der Waals surface area contributed by atoms with Crippen molar-refractivity contribution >= 4 is 0 Å². The molecule has 0 bridgehead atoms. The summed E-state index contributed by atoms with van der Waals surface area (Å²) in [6.45, 7) is 8.40. The van der Waals surface area contributed by atoms with Crippen LogP contribution >= 0.6 is 0 Å². The van der Waals surface area contributed by atoms with E-state index < -0.39 is 0 Å². The molecule has 0 amide bonds. The van der Waals surface area contributed by atoms with Crippen LogP contribution in [0.5, 0.6) is 5.75 Å². The number of hydrogen-bond donors (Lipinski definition) is 1. The van der Waals surface area contributed by atoms with Crippen molar-refractivity contribution in [1.29, 1.82) is 0 Å². The van der Waals surface area contributed by atoms with Gasteiger partial charge in [0.25, 0.3) is 0 Å². The minimum Gasteiger partial charge on any atom is -0.442 e. The zero-order valence-electron chi connectivity index (χ0n) is 15.4. The van der Waals surface area contributed by atoms with E-state index in [1.165, 1.54) is 24.0 Å². The van der Waals surface area contributed by atoms with Crippen molar-refractivity contribution in [3.63, 3.8) is 0 Å². The molecule has 0 aromatic heterocycles. The minimum atomic E-state index is 0.568. The van der Waals surface area contributed by atoms with Gasteiger partial charge in [0.1, 0.15) is 5.75 Å². The minimum absolute atomic E-state index is 0.568. The van der Waals surface area contributed by atoms with Crippen LogP contribution in [-0.4, -0.2) is 31.1 Å². The Kier molecular flexibility index (Phi) is 5.26. The van der Waals surface area contributed by atoms with Crippen molar-refractivity contribution in [2.24, 2.45) is 0 Å². The molecule has 2 fully saturated rings. The maximum Gasteiger partial charge on any atom is 0.188 e. The highest BCUT2D eigenvalue weighted by Crippen LogP contribution is 2.31. The lowest BCUT2D eigenvalue weighted by molar-refractivity contribution is 0.249. The highest BCUT2D eigenvalue weighted by atomic mass is 16.5. The molecule has 1 atom stereocenters. The Balaban J connectivity index is 1.33. The number of rotatable bonds is 5. The average molecular weight is 348 g/mol. The molecule has 2 heterocycles. The highest BCUT2D eigenvalue weighted by Gasteiger charge is 2.25. The molecule has 3 nitrogen and oxygen atoms in total. The van der Waals surface area contributed by atoms with Gasteiger partial charge in [-0.05, 0) is 68.1 Å². The van der Waals surface area contributed by atoms with Crippen LogP contribution in [0.25, 0.3) is 0 Å². The fraction of sp³-hybridized carbons (Fsp3) is 0.391. The normalized spacial score (nSPS) is 20.9. The average Bonchev–Trinajstić information content (AvgIpc) is 3.20. The summed E-state index contributed by atoms with van der Waals surface area (Å²) in [5.74, 6) is 2.89. The van der Waals surface area contributed by atoms with Crippen LogP contribution in [0.4, 0.5) is 0 Å². The molecule has 3 heteroatoms. The number of nitrogens with zero attached hydrogens (tertiary/aromatic N) is 1. The molecular formula is C23H28N2O. The van der Waals surface area contributed by atoms with E-state index in [4.69, 9.17) is 4.74 Å². The van der Waals surface area contributed by atoms with Crippen molar-refractivity contribution in [1.82, 2.24) is 10.2 Å². The molecule has 26 heavy (non-hydrogen) atoms. The van der Waals surface area contributed by atoms with Crippen LogP contribution in [0.3, 0.4) is 0 Å². The van der Waals surface area contributed by atoms with Crippen LogP contribution in [0, 0.1) is 0 Å². The van der Waals surface area contributed by atoms with E-state index in [1.807, 2.05) is 0 Å². The molecule has 2 aliphatic rings. The lowest BCUT2D eigenvalue weighted by Gasteiger charge is -2.24. The van der Waals surface area contributed by atoms with Crippen LogP contribution in [0.2, 0.25) is 0 Å². The maximum absolute atomic E-state index is 6.04.